The Morgan fingerprint density at radius 2 is 1.96 bits per heavy atom. The van der Waals surface area contributed by atoms with Crippen LogP contribution in [-0.2, 0) is 6.54 Å². The lowest BCUT2D eigenvalue weighted by Gasteiger charge is -2.46. The van der Waals surface area contributed by atoms with E-state index in [-0.39, 0.29) is 5.91 Å². The van der Waals surface area contributed by atoms with Gasteiger partial charge in [0.15, 0.2) is 0 Å². The molecule has 0 aromatic carbocycles. The van der Waals surface area contributed by atoms with E-state index in [1.807, 2.05) is 23.4 Å². The van der Waals surface area contributed by atoms with Crippen LogP contribution in [0.2, 0.25) is 0 Å². The largest absolute Gasteiger partial charge is 0.335 e. The molecular weight excluding hydrogens is 300 g/mol. The first-order valence-electron chi connectivity index (χ1n) is 8.45. The highest BCUT2D eigenvalue weighted by Gasteiger charge is 2.35. The molecular formula is C19H24N4O. The van der Waals surface area contributed by atoms with Crippen LogP contribution in [0.15, 0.2) is 49.1 Å². The zero-order valence-electron chi connectivity index (χ0n) is 14.3. The van der Waals surface area contributed by atoms with Gasteiger partial charge in [-0.2, -0.15) is 0 Å². The minimum atomic E-state index is 0.0766. The number of hydrogen-bond acceptors (Lipinski definition) is 4. The number of pyridine rings is 2. The molecule has 0 radical (unpaired) electrons. The van der Waals surface area contributed by atoms with Crippen LogP contribution in [0.4, 0.5) is 0 Å². The fourth-order valence-corrected chi connectivity index (χ4v) is 3.06. The summed E-state index contributed by atoms with van der Waals surface area (Å²) in [5.74, 6) is 0.669. The zero-order valence-corrected chi connectivity index (χ0v) is 14.3. The molecule has 0 aliphatic carbocycles. The van der Waals surface area contributed by atoms with Gasteiger partial charge in [0, 0.05) is 57.0 Å². The lowest BCUT2D eigenvalue weighted by Crippen LogP contribution is -2.61. The molecule has 1 aliphatic heterocycles. The average Bonchev–Trinajstić information content (AvgIpc) is 2.54. The van der Waals surface area contributed by atoms with E-state index in [0.717, 1.165) is 26.2 Å². The van der Waals surface area contributed by atoms with Crippen molar-refractivity contribution in [2.45, 2.75) is 26.4 Å². The second-order valence-electron chi connectivity index (χ2n) is 6.78. The molecule has 2 aromatic heterocycles. The summed E-state index contributed by atoms with van der Waals surface area (Å²) in [6.07, 6.45) is 7.00. The molecule has 0 spiro atoms. The van der Waals surface area contributed by atoms with Crippen LogP contribution < -0.4 is 0 Å². The van der Waals surface area contributed by atoms with Crippen LogP contribution in [0.25, 0.3) is 0 Å². The highest BCUT2D eigenvalue weighted by atomic mass is 16.2. The van der Waals surface area contributed by atoms with Crippen molar-refractivity contribution in [3.05, 3.63) is 60.2 Å². The van der Waals surface area contributed by atoms with Gasteiger partial charge < -0.3 is 4.90 Å². The minimum absolute atomic E-state index is 0.0766. The van der Waals surface area contributed by atoms with Crippen molar-refractivity contribution in [3.8, 4) is 0 Å². The number of amides is 1. The number of carbonyl (C=O) groups is 1. The van der Waals surface area contributed by atoms with Crippen molar-refractivity contribution in [2.24, 2.45) is 5.92 Å². The second-order valence-corrected chi connectivity index (χ2v) is 6.78. The maximum atomic E-state index is 12.4. The van der Waals surface area contributed by atoms with Crippen molar-refractivity contribution in [3.63, 3.8) is 0 Å². The Bertz CT molecular complexity index is 654. The molecule has 1 amide bonds. The molecule has 1 saturated heterocycles. The third-order valence-electron chi connectivity index (χ3n) is 4.31. The Morgan fingerprint density at radius 3 is 2.58 bits per heavy atom. The fraction of sp³-hybridized carbons (Fsp3) is 0.421. The number of nitrogens with zero attached hydrogens (tertiary/aromatic N) is 4. The van der Waals surface area contributed by atoms with E-state index < -0.39 is 0 Å². The van der Waals surface area contributed by atoms with Gasteiger partial charge in [-0.1, -0.05) is 13.8 Å². The summed E-state index contributed by atoms with van der Waals surface area (Å²) in [5.41, 5.74) is 1.93. The Hall–Kier alpha value is -2.27. The number of likely N-dealkylation sites (tertiary alicyclic amines) is 1. The minimum Gasteiger partial charge on any atom is -0.335 e. The Balaban J connectivity index is 1.61. The Morgan fingerprint density at radius 1 is 1.21 bits per heavy atom. The summed E-state index contributed by atoms with van der Waals surface area (Å²) in [6, 6.07) is 8.17. The van der Waals surface area contributed by atoms with E-state index in [1.165, 1.54) is 5.56 Å². The first-order valence-corrected chi connectivity index (χ1v) is 8.45. The molecule has 0 saturated carbocycles. The molecule has 24 heavy (non-hydrogen) atoms. The summed E-state index contributed by atoms with van der Waals surface area (Å²) < 4.78 is 0. The molecule has 1 fully saturated rings. The molecule has 0 N–H and O–H groups in total. The zero-order chi connectivity index (χ0) is 16.9. The summed E-state index contributed by atoms with van der Waals surface area (Å²) in [4.78, 5) is 24.9. The third kappa shape index (κ3) is 3.97. The average molecular weight is 324 g/mol. The molecule has 2 aromatic rings. The van der Waals surface area contributed by atoms with Gasteiger partial charge in [-0.25, -0.2) is 0 Å². The maximum Gasteiger partial charge on any atom is 0.255 e. The topological polar surface area (TPSA) is 49.3 Å². The van der Waals surface area contributed by atoms with Crippen LogP contribution in [0.1, 0.15) is 29.8 Å². The van der Waals surface area contributed by atoms with Gasteiger partial charge >= 0.3 is 0 Å². The van der Waals surface area contributed by atoms with Gasteiger partial charge in [0.2, 0.25) is 0 Å². The van der Waals surface area contributed by atoms with Gasteiger partial charge in [0.05, 0.1) is 5.56 Å². The van der Waals surface area contributed by atoms with E-state index in [9.17, 15) is 4.79 Å². The Kier molecular flexibility index (Phi) is 5.20. The predicted molar refractivity (Wildman–Crippen MR) is 93.4 cm³/mol. The molecule has 5 nitrogen and oxygen atoms in total. The van der Waals surface area contributed by atoms with Crippen molar-refractivity contribution >= 4 is 5.91 Å². The molecule has 3 rings (SSSR count). The summed E-state index contributed by atoms with van der Waals surface area (Å²) in [6.45, 7) is 7.97. The standard InChI is InChI=1S/C19H24N4O/c1-15(2)11-22(12-16-5-8-20-9-6-16)18-13-23(14-18)19(24)17-4-3-7-21-10-17/h3-10,15,18H,11-14H2,1-2H3. The van der Waals surface area contributed by atoms with Gasteiger partial charge in [-0.05, 0) is 35.7 Å². The molecule has 3 heterocycles. The Labute approximate surface area is 143 Å². The summed E-state index contributed by atoms with van der Waals surface area (Å²) in [7, 11) is 0. The van der Waals surface area contributed by atoms with Gasteiger partial charge in [0.25, 0.3) is 5.91 Å². The van der Waals surface area contributed by atoms with E-state index in [2.05, 4.69) is 40.8 Å². The second kappa shape index (κ2) is 7.53. The monoisotopic (exact) mass is 324 g/mol. The third-order valence-corrected chi connectivity index (χ3v) is 4.31. The van der Waals surface area contributed by atoms with Crippen LogP contribution in [0, 0.1) is 5.92 Å². The molecule has 0 atom stereocenters. The highest BCUT2D eigenvalue weighted by Crippen LogP contribution is 2.21. The smallest absolute Gasteiger partial charge is 0.255 e. The van der Waals surface area contributed by atoms with E-state index in [0.29, 0.717) is 17.5 Å². The van der Waals surface area contributed by atoms with Crippen LogP contribution in [0.3, 0.4) is 0 Å². The summed E-state index contributed by atoms with van der Waals surface area (Å²) in [5, 5.41) is 0. The van der Waals surface area contributed by atoms with Crippen LogP contribution in [0.5, 0.6) is 0 Å². The lowest BCUT2D eigenvalue weighted by molar-refractivity contribution is 0.0197. The van der Waals surface area contributed by atoms with Gasteiger partial charge in [-0.3, -0.25) is 19.7 Å². The van der Waals surface area contributed by atoms with Crippen molar-refractivity contribution in [1.29, 1.82) is 0 Å². The van der Waals surface area contributed by atoms with E-state index in [1.54, 1.807) is 18.5 Å². The molecule has 5 heteroatoms. The lowest BCUT2D eigenvalue weighted by atomic mass is 10.0. The number of hydrogen-bond donors (Lipinski definition) is 0. The first-order chi connectivity index (χ1) is 11.6. The normalized spacial score (nSPS) is 14.9. The van der Waals surface area contributed by atoms with Gasteiger partial charge in [0.1, 0.15) is 0 Å². The SMILES string of the molecule is CC(C)CN(Cc1ccncc1)C1CN(C(=O)c2cccnc2)C1. The number of aromatic nitrogens is 2. The van der Waals surface area contributed by atoms with Gasteiger partial charge in [-0.15, -0.1) is 0 Å². The fourth-order valence-electron chi connectivity index (χ4n) is 3.06. The number of rotatable bonds is 6. The predicted octanol–water partition coefficient (Wildman–Crippen LogP) is 2.46. The quantitative estimate of drug-likeness (QED) is 0.819. The molecule has 0 unspecified atom stereocenters. The first kappa shape index (κ1) is 16.6. The summed E-state index contributed by atoms with van der Waals surface area (Å²) >= 11 is 0. The maximum absolute atomic E-state index is 12.4. The van der Waals surface area contributed by atoms with Crippen LogP contribution >= 0.6 is 0 Å². The number of carbonyl (C=O) groups excluding carboxylic acids is 1. The molecule has 126 valence electrons. The molecule has 1 aliphatic rings. The van der Waals surface area contributed by atoms with Crippen LogP contribution in [-0.4, -0.2) is 51.4 Å². The molecule has 0 bridgehead atoms. The van der Waals surface area contributed by atoms with Crippen molar-refractivity contribution in [1.82, 2.24) is 19.8 Å². The van der Waals surface area contributed by atoms with Crippen molar-refractivity contribution in [2.75, 3.05) is 19.6 Å². The highest BCUT2D eigenvalue weighted by molar-refractivity contribution is 5.94. The van der Waals surface area contributed by atoms with Crippen molar-refractivity contribution < 1.29 is 4.79 Å². The van der Waals surface area contributed by atoms with E-state index >= 15 is 0 Å². The van der Waals surface area contributed by atoms with E-state index in [4.69, 9.17) is 0 Å².